The van der Waals surface area contributed by atoms with Gasteiger partial charge in [0.25, 0.3) is 5.91 Å². The first kappa shape index (κ1) is 33.4. The lowest BCUT2D eigenvalue weighted by atomic mass is 9.89. The number of ether oxygens (including phenoxy) is 2. The summed E-state index contributed by atoms with van der Waals surface area (Å²) in [6.45, 7) is 1.43. The first-order valence-electron chi connectivity index (χ1n) is 13.2. The van der Waals surface area contributed by atoms with E-state index in [4.69, 9.17) is 21.1 Å². The van der Waals surface area contributed by atoms with Gasteiger partial charge in [-0.3, -0.25) is 4.79 Å². The number of hydrogen-bond acceptors (Lipinski definition) is 7. The van der Waals surface area contributed by atoms with E-state index < -0.39 is 51.3 Å². The minimum absolute atomic E-state index is 0.0200. The van der Waals surface area contributed by atoms with Crippen LogP contribution in [0.5, 0.6) is 11.5 Å². The number of nitrogens with zero attached hydrogens (tertiary/aromatic N) is 1. The summed E-state index contributed by atoms with van der Waals surface area (Å²) in [6.07, 6.45) is -2.74. The average molecular weight is 660 g/mol. The van der Waals surface area contributed by atoms with Gasteiger partial charge in [0, 0.05) is 11.1 Å². The molecule has 1 aliphatic rings. The third kappa shape index (κ3) is 7.60. The van der Waals surface area contributed by atoms with Crippen LogP contribution >= 0.6 is 11.6 Å². The number of carbonyl (C=O) groups excluding carboxylic acids is 1. The summed E-state index contributed by atoms with van der Waals surface area (Å²) in [7, 11) is -2.51. The van der Waals surface area contributed by atoms with Gasteiger partial charge in [-0.25, -0.2) is 22.5 Å². The Morgan fingerprint density at radius 2 is 1.77 bits per heavy atom. The van der Waals surface area contributed by atoms with Crippen molar-refractivity contribution >= 4 is 27.5 Å². The molecule has 1 fully saturated rings. The number of halogens is 5. The van der Waals surface area contributed by atoms with Gasteiger partial charge < -0.3 is 19.9 Å². The number of hydrogen-bond donors (Lipinski definition) is 3. The first-order valence-corrected chi connectivity index (χ1v) is 15.5. The van der Waals surface area contributed by atoms with Crippen molar-refractivity contribution in [3.8, 4) is 22.8 Å². The monoisotopic (exact) mass is 659 g/mol. The zero-order valence-corrected chi connectivity index (χ0v) is 25.6. The quantitative estimate of drug-likeness (QED) is 0.246. The Kier molecular flexibility index (Phi) is 9.23. The highest BCUT2D eigenvalue weighted by molar-refractivity contribution is 7.88. The third-order valence-electron chi connectivity index (χ3n) is 6.84. The van der Waals surface area contributed by atoms with Gasteiger partial charge in [-0.1, -0.05) is 11.6 Å². The number of aliphatic hydroxyl groups is 1. The molecule has 4 rings (SSSR count). The van der Waals surface area contributed by atoms with Crippen molar-refractivity contribution in [1.82, 2.24) is 15.0 Å². The summed E-state index contributed by atoms with van der Waals surface area (Å²) in [5, 5.41) is 13.0. The standard InChI is InChI=1S/C29H30ClF4N3O6S/c1-27(2,37-44(4,40)41)18-13-22(16-5-9-21(31)20(30)11-16)36-25(14-18)28(39,29(32,33)34)15-35-26(38)17-6-10-23(24(12-17)42-3)43-19-7-8-19/h5-6,9-14,19,37,39H,7-8,15H2,1-4H3,(H,35,38). The lowest BCUT2D eigenvalue weighted by Gasteiger charge is -2.33. The SMILES string of the molecule is COc1cc(C(=O)NCC(O)(c2cc(C(C)(C)NS(C)(=O)=O)cc(-c3ccc(F)c(Cl)c3)n2)C(F)(F)F)ccc1OC1CC1. The number of sulfonamides is 1. The van der Waals surface area contributed by atoms with Gasteiger partial charge in [0.05, 0.1) is 48.0 Å². The maximum absolute atomic E-state index is 14.6. The maximum atomic E-state index is 14.6. The molecule has 9 nitrogen and oxygen atoms in total. The van der Waals surface area contributed by atoms with Crippen LogP contribution in [0.4, 0.5) is 17.6 Å². The molecule has 3 N–H and O–H groups in total. The van der Waals surface area contributed by atoms with E-state index in [1.54, 1.807) is 0 Å². The van der Waals surface area contributed by atoms with E-state index in [0.717, 1.165) is 37.3 Å². The summed E-state index contributed by atoms with van der Waals surface area (Å²) in [5.41, 5.74) is -6.37. The molecule has 2 aromatic carbocycles. The van der Waals surface area contributed by atoms with Gasteiger partial charge in [0.2, 0.25) is 15.6 Å². The largest absolute Gasteiger partial charge is 0.493 e. The van der Waals surface area contributed by atoms with Crippen molar-refractivity contribution in [3.63, 3.8) is 0 Å². The van der Waals surface area contributed by atoms with Crippen LogP contribution < -0.4 is 19.5 Å². The summed E-state index contributed by atoms with van der Waals surface area (Å²) >= 11 is 5.90. The highest BCUT2D eigenvalue weighted by atomic mass is 35.5. The molecule has 1 unspecified atom stereocenters. The van der Waals surface area contributed by atoms with Crippen LogP contribution in [0.3, 0.4) is 0 Å². The number of pyridine rings is 1. The van der Waals surface area contributed by atoms with E-state index >= 15 is 0 Å². The van der Waals surface area contributed by atoms with Gasteiger partial charge in [-0.15, -0.1) is 0 Å². The van der Waals surface area contributed by atoms with Crippen LogP contribution in [0, 0.1) is 5.82 Å². The van der Waals surface area contributed by atoms with Crippen LogP contribution in [0.15, 0.2) is 48.5 Å². The first-order chi connectivity index (χ1) is 20.3. The smallest absolute Gasteiger partial charge is 0.424 e. The zero-order chi connectivity index (χ0) is 32.7. The summed E-state index contributed by atoms with van der Waals surface area (Å²) < 4.78 is 95.2. The number of alkyl halides is 3. The van der Waals surface area contributed by atoms with Crippen LogP contribution in [0.25, 0.3) is 11.3 Å². The van der Waals surface area contributed by atoms with E-state index in [1.165, 1.54) is 51.3 Å². The van der Waals surface area contributed by atoms with Gasteiger partial charge in [0.1, 0.15) is 5.82 Å². The van der Waals surface area contributed by atoms with Crippen molar-refractivity contribution in [2.45, 2.75) is 50.1 Å². The summed E-state index contributed by atoms with van der Waals surface area (Å²) in [4.78, 5) is 17.0. The fourth-order valence-corrected chi connectivity index (χ4v) is 5.57. The molecule has 0 bridgehead atoms. The Balaban J connectivity index is 1.75. The molecule has 0 radical (unpaired) electrons. The maximum Gasteiger partial charge on any atom is 0.424 e. The van der Waals surface area contributed by atoms with Gasteiger partial charge >= 0.3 is 6.18 Å². The molecule has 1 amide bonds. The van der Waals surface area contributed by atoms with Crippen molar-refractivity contribution in [2.24, 2.45) is 0 Å². The number of carbonyl (C=O) groups is 1. The van der Waals surface area contributed by atoms with Crippen LogP contribution in [0.1, 0.15) is 48.3 Å². The molecule has 1 heterocycles. The molecule has 1 saturated carbocycles. The molecule has 1 atom stereocenters. The van der Waals surface area contributed by atoms with Crippen molar-refractivity contribution in [2.75, 3.05) is 19.9 Å². The van der Waals surface area contributed by atoms with Crippen LogP contribution in [-0.2, 0) is 21.2 Å². The Bertz CT molecular complexity index is 1680. The molecule has 0 aliphatic heterocycles. The molecular weight excluding hydrogens is 630 g/mol. The van der Waals surface area contributed by atoms with Crippen molar-refractivity contribution in [1.29, 1.82) is 0 Å². The van der Waals surface area contributed by atoms with Gasteiger partial charge in [0.15, 0.2) is 11.5 Å². The number of aromatic nitrogens is 1. The molecule has 15 heteroatoms. The van der Waals surface area contributed by atoms with Crippen molar-refractivity contribution < 1.29 is 45.4 Å². The Labute approximate surface area is 256 Å². The van der Waals surface area contributed by atoms with E-state index in [-0.39, 0.29) is 39.3 Å². The second-order valence-electron chi connectivity index (χ2n) is 11.0. The fourth-order valence-electron chi connectivity index (χ4n) is 4.35. The summed E-state index contributed by atoms with van der Waals surface area (Å²) in [5.74, 6) is -1.17. The Hall–Kier alpha value is -3.46. The van der Waals surface area contributed by atoms with Crippen LogP contribution in [0.2, 0.25) is 5.02 Å². The Morgan fingerprint density at radius 1 is 1.09 bits per heavy atom. The molecule has 238 valence electrons. The lowest BCUT2D eigenvalue weighted by Crippen LogP contribution is -2.52. The molecule has 1 aliphatic carbocycles. The average Bonchev–Trinajstić information content (AvgIpc) is 3.75. The fraction of sp³-hybridized carbons (Fsp3) is 0.379. The van der Waals surface area contributed by atoms with Crippen LogP contribution in [-0.4, -0.2) is 56.6 Å². The Morgan fingerprint density at radius 3 is 2.34 bits per heavy atom. The molecule has 0 saturated heterocycles. The zero-order valence-electron chi connectivity index (χ0n) is 24.1. The molecular formula is C29H30ClF4N3O6S. The second-order valence-corrected chi connectivity index (χ2v) is 13.1. The highest BCUT2D eigenvalue weighted by Crippen LogP contribution is 2.41. The van der Waals surface area contributed by atoms with E-state index in [1.807, 2.05) is 0 Å². The van der Waals surface area contributed by atoms with Gasteiger partial charge in [-0.05, 0) is 80.8 Å². The number of methoxy groups -OCH3 is 1. The number of rotatable bonds is 11. The number of benzene rings is 2. The number of nitrogens with one attached hydrogen (secondary N) is 2. The minimum Gasteiger partial charge on any atom is -0.493 e. The number of amides is 1. The van der Waals surface area contributed by atoms with E-state index in [2.05, 4.69) is 15.0 Å². The topological polar surface area (TPSA) is 127 Å². The van der Waals surface area contributed by atoms with E-state index in [0.29, 0.717) is 5.75 Å². The predicted molar refractivity (Wildman–Crippen MR) is 155 cm³/mol. The lowest BCUT2D eigenvalue weighted by molar-refractivity contribution is -0.265. The highest BCUT2D eigenvalue weighted by Gasteiger charge is 2.56. The molecule has 0 spiro atoms. The second kappa shape index (κ2) is 12.1. The van der Waals surface area contributed by atoms with Gasteiger partial charge in [-0.2, -0.15) is 13.2 Å². The molecule has 44 heavy (non-hydrogen) atoms. The minimum atomic E-state index is -5.38. The molecule has 1 aromatic heterocycles. The van der Waals surface area contributed by atoms with E-state index in [9.17, 15) is 35.9 Å². The third-order valence-corrected chi connectivity index (χ3v) is 8.01. The summed E-state index contributed by atoms with van der Waals surface area (Å²) in [6, 6.07) is 9.61. The predicted octanol–water partition coefficient (Wildman–Crippen LogP) is 5.06. The molecule has 3 aromatic rings. The normalized spacial score (nSPS) is 15.4. The van der Waals surface area contributed by atoms with Crippen molar-refractivity contribution in [3.05, 3.63) is 76.2 Å².